The molecule has 0 saturated carbocycles. The van der Waals surface area contributed by atoms with Gasteiger partial charge in [-0.15, -0.1) is 0 Å². The fourth-order valence-electron chi connectivity index (χ4n) is 3.31. The highest BCUT2D eigenvalue weighted by Gasteiger charge is 2.31. The number of piperazine rings is 1. The molecule has 26 heavy (non-hydrogen) atoms. The van der Waals surface area contributed by atoms with Crippen LogP contribution < -0.4 is 15.4 Å². The Bertz CT molecular complexity index is 743. The lowest BCUT2D eigenvalue weighted by Crippen LogP contribution is -2.49. The summed E-state index contributed by atoms with van der Waals surface area (Å²) >= 11 is 0. The van der Waals surface area contributed by atoms with Gasteiger partial charge in [0.25, 0.3) is 0 Å². The number of rotatable bonds is 6. The highest BCUT2D eigenvalue weighted by atomic mass is 16.5. The first-order chi connectivity index (χ1) is 12.6. The molecule has 2 heterocycles. The third-order valence-electron chi connectivity index (χ3n) is 4.54. The summed E-state index contributed by atoms with van der Waals surface area (Å²) < 4.78 is 5.71. The number of para-hydroxylation sites is 2. The summed E-state index contributed by atoms with van der Waals surface area (Å²) in [6, 6.07) is 10.6. The Labute approximate surface area is 153 Å². The van der Waals surface area contributed by atoms with Crippen LogP contribution in [0.4, 0.5) is 11.5 Å². The largest absolute Gasteiger partial charge is 0.492 e. The zero-order valence-electron chi connectivity index (χ0n) is 14.8. The van der Waals surface area contributed by atoms with Gasteiger partial charge in [-0.25, -0.2) is 4.98 Å². The molecule has 0 bridgehead atoms. The number of aliphatic carboxylic acids is 1. The SMILES string of the molecule is CCOc1ccccc1N1CCN([C@H](C(=O)O)c2ccc(N)nc2)CC1. The molecule has 0 unspecified atom stereocenters. The van der Waals surface area contributed by atoms with Crippen molar-refractivity contribution in [3.05, 3.63) is 48.2 Å². The summed E-state index contributed by atoms with van der Waals surface area (Å²) in [6.45, 7) is 5.32. The average molecular weight is 356 g/mol. The Balaban J connectivity index is 1.72. The second-order valence-corrected chi connectivity index (χ2v) is 6.18. The van der Waals surface area contributed by atoms with Crippen molar-refractivity contribution in [3.63, 3.8) is 0 Å². The Morgan fingerprint density at radius 1 is 1.23 bits per heavy atom. The normalized spacial score (nSPS) is 16.3. The van der Waals surface area contributed by atoms with Gasteiger partial charge >= 0.3 is 5.97 Å². The molecule has 3 N–H and O–H groups in total. The monoisotopic (exact) mass is 356 g/mol. The predicted molar refractivity (Wildman–Crippen MR) is 100 cm³/mol. The molecule has 138 valence electrons. The fraction of sp³-hybridized carbons (Fsp3) is 0.368. The molecule has 1 aliphatic heterocycles. The number of benzene rings is 1. The second-order valence-electron chi connectivity index (χ2n) is 6.18. The van der Waals surface area contributed by atoms with Crippen molar-refractivity contribution in [1.82, 2.24) is 9.88 Å². The smallest absolute Gasteiger partial charge is 0.325 e. The lowest BCUT2D eigenvalue weighted by molar-refractivity contribution is -0.143. The molecule has 0 spiro atoms. The molecule has 2 aromatic rings. The van der Waals surface area contributed by atoms with Crippen molar-refractivity contribution in [1.29, 1.82) is 0 Å². The highest BCUT2D eigenvalue weighted by Crippen LogP contribution is 2.30. The Morgan fingerprint density at radius 3 is 2.58 bits per heavy atom. The molecule has 1 aliphatic rings. The number of anilines is 2. The summed E-state index contributed by atoms with van der Waals surface area (Å²) in [6.07, 6.45) is 1.55. The lowest BCUT2D eigenvalue weighted by atomic mass is 10.1. The van der Waals surface area contributed by atoms with E-state index in [1.807, 2.05) is 36.1 Å². The van der Waals surface area contributed by atoms with Crippen LogP contribution in [0.15, 0.2) is 42.6 Å². The van der Waals surface area contributed by atoms with Crippen LogP contribution in [0.25, 0.3) is 0 Å². The van der Waals surface area contributed by atoms with Crippen molar-refractivity contribution in [2.45, 2.75) is 13.0 Å². The average Bonchev–Trinajstić information content (AvgIpc) is 2.65. The molecule has 1 fully saturated rings. The summed E-state index contributed by atoms with van der Waals surface area (Å²) in [7, 11) is 0. The summed E-state index contributed by atoms with van der Waals surface area (Å²) in [5.74, 6) is 0.371. The van der Waals surface area contributed by atoms with Crippen LogP contribution in [0.5, 0.6) is 5.75 Å². The predicted octanol–water partition coefficient (Wildman–Crippen LogP) is 2.01. The summed E-state index contributed by atoms with van der Waals surface area (Å²) in [5, 5.41) is 9.71. The first-order valence-corrected chi connectivity index (χ1v) is 8.75. The minimum atomic E-state index is -0.875. The van der Waals surface area contributed by atoms with E-state index in [2.05, 4.69) is 9.88 Å². The molecule has 3 rings (SSSR count). The standard InChI is InChI=1S/C19H24N4O3/c1-2-26-16-6-4-3-5-15(16)22-9-11-23(12-10-22)18(19(24)25)14-7-8-17(20)21-13-14/h3-8,13,18H,2,9-12H2,1H3,(H2,20,21)(H,24,25)/t18-/m0/s1. The first-order valence-electron chi connectivity index (χ1n) is 8.75. The zero-order valence-corrected chi connectivity index (χ0v) is 14.8. The number of hydrogen-bond acceptors (Lipinski definition) is 6. The molecular weight excluding hydrogens is 332 g/mol. The third kappa shape index (κ3) is 3.88. The summed E-state index contributed by atoms with van der Waals surface area (Å²) in [5.41, 5.74) is 7.31. The maximum absolute atomic E-state index is 11.8. The maximum atomic E-state index is 11.8. The molecule has 0 amide bonds. The fourth-order valence-corrected chi connectivity index (χ4v) is 3.31. The number of carboxylic acid groups (broad SMARTS) is 1. The van der Waals surface area contributed by atoms with Crippen molar-refractivity contribution >= 4 is 17.5 Å². The Hall–Kier alpha value is -2.80. The third-order valence-corrected chi connectivity index (χ3v) is 4.54. The van der Waals surface area contributed by atoms with E-state index in [0.717, 1.165) is 24.5 Å². The van der Waals surface area contributed by atoms with Crippen LogP contribution in [0.3, 0.4) is 0 Å². The number of ether oxygens (including phenoxy) is 1. The van der Waals surface area contributed by atoms with Gasteiger partial charge in [-0.2, -0.15) is 0 Å². The van der Waals surface area contributed by atoms with Crippen LogP contribution in [0.1, 0.15) is 18.5 Å². The minimum Gasteiger partial charge on any atom is -0.492 e. The zero-order chi connectivity index (χ0) is 18.5. The highest BCUT2D eigenvalue weighted by molar-refractivity contribution is 5.75. The Kier molecular flexibility index (Phi) is 5.58. The van der Waals surface area contributed by atoms with E-state index in [4.69, 9.17) is 10.5 Å². The van der Waals surface area contributed by atoms with Gasteiger partial charge in [0.1, 0.15) is 17.6 Å². The number of nitrogens with zero attached hydrogens (tertiary/aromatic N) is 3. The topological polar surface area (TPSA) is 91.9 Å². The van der Waals surface area contributed by atoms with Gasteiger partial charge in [0.05, 0.1) is 12.3 Å². The molecule has 1 aromatic carbocycles. The van der Waals surface area contributed by atoms with E-state index in [1.165, 1.54) is 0 Å². The molecule has 0 radical (unpaired) electrons. The van der Waals surface area contributed by atoms with Gasteiger partial charge in [-0.3, -0.25) is 9.69 Å². The molecule has 7 heteroatoms. The molecule has 1 atom stereocenters. The molecule has 1 aromatic heterocycles. The number of aromatic nitrogens is 1. The van der Waals surface area contributed by atoms with E-state index in [-0.39, 0.29) is 0 Å². The number of pyridine rings is 1. The van der Waals surface area contributed by atoms with Gasteiger partial charge in [0.15, 0.2) is 0 Å². The number of nitrogen functional groups attached to an aromatic ring is 1. The molecular formula is C19H24N4O3. The van der Waals surface area contributed by atoms with Crippen LogP contribution >= 0.6 is 0 Å². The number of carbonyl (C=O) groups is 1. The number of carboxylic acids is 1. The van der Waals surface area contributed by atoms with Crippen molar-refractivity contribution in [2.24, 2.45) is 0 Å². The van der Waals surface area contributed by atoms with Gasteiger partial charge in [0.2, 0.25) is 0 Å². The van der Waals surface area contributed by atoms with Gasteiger partial charge in [0, 0.05) is 32.4 Å². The van der Waals surface area contributed by atoms with Crippen LogP contribution in [-0.4, -0.2) is 53.7 Å². The molecule has 7 nitrogen and oxygen atoms in total. The van der Waals surface area contributed by atoms with Crippen molar-refractivity contribution in [3.8, 4) is 5.75 Å². The van der Waals surface area contributed by atoms with Crippen molar-refractivity contribution < 1.29 is 14.6 Å². The van der Waals surface area contributed by atoms with Crippen LogP contribution in [-0.2, 0) is 4.79 Å². The van der Waals surface area contributed by atoms with E-state index >= 15 is 0 Å². The number of nitrogens with two attached hydrogens (primary N) is 1. The van der Waals surface area contributed by atoms with Crippen LogP contribution in [0.2, 0.25) is 0 Å². The second kappa shape index (κ2) is 8.05. The summed E-state index contributed by atoms with van der Waals surface area (Å²) in [4.78, 5) is 20.1. The van der Waals surface area contributed by atoms with E-state index < -0.39 is 12.0 Å². The van der Waals surface area contributed by atoms with E-state index in [1.54, 1.807) is 18.3 Å². The van der Waals surface area contributed by atoms with E-state index in [9.17, 15) is 9.90 Å². The van der Waals surface area contributed by atoms with Gasteiger partial charge < -0.3 is 20.5 Å². The minimum absolute atomic E-state index is 0.384. The lowest BCUT2D eigenvalue weighted by Gasteiger charge is -2.39. The van der Waals surface area contributed by atoms with Gasteiger partial charge in [-0.05, 0) is 30.7 Å². The van der Waals surface area contributed by atoms with Crippen molar-refractivity contribution in [2.75, 3.05) is 43.4 Å². The quantitative estimate of drug-likeness (QED) is 0.818. The molecule has 0 aliphatic carbocycles. The van der Waals surface area contributed by atoms with Gasteiger partial charge in [-0.1, -0.05) is 18.2 Å². The first kappa shape index (κ1) is 18.0. The Morgan fingerprint density at radius 2 is 1.96 bits per heavy atom. The number of hydrogen-bond donors (Lipinski definition) is 2. The van der Waals surface area contributed by atoms with Crippen LogP contribution in [0, 0.1) is 0 Å². The van der Waals surface area contributed by atoms with E-state index in [0.29, 0.717) is 31.1 Å². The maximum Gasteiger partial charge on any atom is 0.325 e. The molecule has 1 saturated heterocycles.